The van der Waals surface area contributed by atoms with Gasteiger partial charge in [0.1, 0.15) is 12.6 Å². The number of amides is 2. The van der Waals surface area contributed by atoms with E-state index in [0.717, 1.165) is 21.0 Å². The van der Waals surface area contributed by atoms with E-state index >= 15 is 0 Å². The number of benzene rings is 4. The number of rotatable bonds is 13. The first-order chi connectivity index (χ1) is 21.5. The van der Waals surface area contributed by atoms with Gasteiger partial charge < -0.3 is 10.2 Å². The third-order valence-corrected chi connectivity index (χ3v) is 9.66. The first kappa shape index (κ1) is 34.0. The number of carbonyl (C=O) groups excluding carboxylic acids is 2. The molecule has 1 atom stereocenters. The fraction of sp³-hybridized carbons (Fsp3) is 0.257. The third-order valence-electron chi connectivity index (χ3n) is 7.40. The van der Waals surface area contributed by atoms with Crippen molar-refractivity contribution in [2.45, 2.75) is 51.1 Å². The van der Waals surface area contributed by atoms with E-state index in [4.69, 9.17) is 23.2 Å². The van der Waals surface area contributed by atoms with Crippen LogP contribution >= 0.6 is 23.2 Å². The number of aryl methyl sites for hydroxylation is 2. The van der Waals surface area contributed by atoms with Gasteiger partial charge in [0.15, 0.2) is 0 Å². The molecule has 0 bridgehead atoms. The minimum atomic E-state index is -4.21. The number of sulfonamides is 1. The normalized spacial score (nSPS) is 11.9. The van der Waals surface area contributed by atoms with Crippen molar-refractivity contribution in [1.82, 2.24) is 10.2 Å². The average Bonchev–Trinajstić information content (AvgIpc) is 3.02. The lowest BCUT2D eigenvalue weighted by atomic mass is 10.0. The topological polar surface area (TPSA) is 86.8 Å². The molecule has 0 radical (unpaired) electrons. The van der Waals surface area contributed by atoms with Gasteiger partial charge in [-0.1, -0.05) is 90.3 Å². The molecule has 7 nitrogen and oxygen atoms in total. The second-order valence-corrected chi connectivity index (χ2v) is 13.6. The van der Waals surface area contributed by atoms with Gasteiger partial charge in [-0.2, -0.15) is 0 Å². The molecule has 0 aromatic heterocycles. The van der Waals surface area contributed by atoms with Crippen LogP contribution in [0.5, 0.6) is 0 Å². The summed E-state index contributed by atoms with van der Waals surface area (Å²) in [6, 6.07) is 26.8. The zero-order valence-electron chi connectivity index (χ0n) is 25.5. The molecule has 0 heterocycles. The predicted molar refractivity (Wildman–Crippen MR) is 181 cm³/mol. The van der Waals surface area contributed by atoms with E-state index in [1.165, 1.54) is 17.0 Å². The smallest absolute Gasteiger partial charge is 0.264 e. The van der Waals surface area contributed by atoms with Crippen molar-refractivity contribution in [3.8, 4) is 0 Å². The van der Waals surface area contributed by atoms with Crippen molar-refractivity contribution in [1.29, 1.82) is 0 Å². The van der Waals surface area contributed by atoms with Gasteiger partial charge in [0.05, 0.1) is 10.6 Å². The molecule has 10 heteroatoms. The van der Waals surface area contributed by atoms with Gasteiger partial charge >= 0.3 is 0 Å². The van der Waals surface area contributed by atoms with Crippen LogP contribution in [0.15, 0.2) is 102 Å². The third kappa shape index (κ3) is 8.87. The minimum Gasteiger partial charge on any atom is -0.354 e. The number of hydrogen-bond donors (Lipinski definition) is 1. The van der Waals surface area contributed by atoms with Gasteiger partial charge in [-0.15, -0.1) is 0 Å². The quantitative estimate of drug-likeness (QED) is 0.167. The van der Waals surface area contributed by atoms with Crippen molar-refractivity contribution >= 4 is 50.7 Å². The highest BCUT2D eigenvalue weighted by molar-refractivity contribution is 7.92. The van der Waals surface area contributed by atoms with Crippen LogP contribution < -0.4 is 9.62 Å². The van der Waals surface area contributed by atoms with Crippen LogP contribution in [-0.4, -0.2) is 44.3 Å². The number of nitrogens with zero attached hydrogens (tertiary/aromatic N) is 2. The van der Waals surface area contributed by atoms with E-state index in [2.05, 4.69) is 5.32 Å². The summed E-state index contributed by atoms with van der Waals surface area (Å²) in [7, 11) is -4.21. The average molecular weight is 667 g/mol. The Kier molecular flexibility index (Phi) is 11.7. The lowest BCUT2D eigenvalue weighted by Crippen LogP contribution is -2.53. The van der Waals surface area contributed by atoms with Crippen molar-refractivity contribution < 1.29 is 18.0 Å². The molecule has 2 amide bonds. The molecule has 0 saturated carbocycles. The van der Waals surface area contributed by atoms with Crippen molar-refractivity contribution in [3.63, 3.8) is 0 Å². The SMILES string of the molecule is CCCNC(=O)C(Cc1ccccc1)N(Cc1ccc(Cl)cc1)C(=O)CN(c1ccc(Cl)cc1C)S(=O)(=O)c1ccc(C)cc1. The highest BCUT2D eigenvalue weighted by Gasteiger charge is 2.35. The zero-order chi connectivity index (χ0) is 32.6. The molecule has 0 spiro atoms. The molecule has 4 aromatic rings. The largest absolute Gasteiger partial charge is 0.354 e. The molecule has 0 aliphatic carbocycles. The zero-order valence-corrected chi connectivity index (χ0v) is 27.9. The number of nitrogens with one attached hydrogen (secondary N) is 1. The van der Waals surface area contributed by atoms with Gasteiger partial charge in [0.2, 0.25) is 11.8 Å². The molecule has 0 aliphatic rings. The Labute approximate surface area is 275 Å². The molecular formula is C35H37Cl2N3O4S. The van der Waals surface area contributed by atoms with Crippen LogP contribution in [0.2, 0.25) is 10.0 Å². The summed E-state index contributed by atoms with van der Waals surface area (Å²) in [6.45, 7) is 5.51. The van der Waals surface area contributed by atoms with Crippen LogP contribution in [0.25, 0.3) is 0 Å². The van der Waals surface area contributed by atoms with E-state index in [0.29, 0.717) is 34.3 Å². The Hall–Kier alpha value is -3.85. The van der Waals surface area contributed by atoms with Crippen LogP contribution in [-0.2, 0) is 32.6 Å². The second kappa shape index (κ2) is 15.4. The standard InChI is InChI=1S/C35H37Cl2N3O4S/c1-4-20-38-35(42)33(22-27-8-6-5-7-9-27)39(23-28-12-14-29(36)15-13-28)34(41)24-40(32-19-16-30(37)21-26(32)3)45(43,44)31-17-10-25(2)11-18-31/h5-19,21,33H,4,20,22-24H2,1-3H3,(H,38,42). The molecule has 45 heavy (non-hydrogen) atoms. The van der Waals surface area contributed by atoms with Crippen molar-refractivity contribution in [2.24, 2.45) is 0 Å². The maximum Gasteiger partial charge on any atom is 0.264 e. The summed E-state index contributed by atoms with van der Waals surface area (Å²) >= 11 is 12.4. The molecule has 1 N–H and O–H groups in total. The van der Waals surface area contributed by atoms with Gasteiger partial charge in [-0.05, 0) is 79.4 Å². The number of hydrogen-bond acceptors (Lipinski definition) is 4. The van der Waals surface area contributed by atoms with Gasteiger partial charge in [0.25, 0.3) is 10.0 Å². The number of halogens is 2. The highest BCUT2D eigenvalue weighted by Crippen LogP contribution is 2.30. The van der Waals surface area contributed by atoms with E-state index in [9.17, 15) is 18.0 Å². The Morgan fingerprint density at radius 3 is 2.09 bits per heavy atom. The molecular weight excluding hydrogens is 629 g/mol. The van der Waals surface area contributed by atoms with Crippen molar-refractivity contribution in [2.75, 3.05) is 17.4 Å². The fourth-order valence-electron chi connectivity index (χ4n) is 4.96. The Balaban J connectivity index is 1.81. The summed E-state index contributed by atoms with van der Waals surface area (Å²) in [4.78, 5) is 29.7. The lowest BCUT2D eigenvalue weighted by Gasteiger charge is -2.34. The Bertz CT molecular complexity index is 1710. The number of carbonyl (C=O) groups is 2. The molecule has 4 rings (SSSR count). The first-order valence-corrected chi connectivity index (χ1v) is 16.9. The summed E-state index contributed by atoms with van der Waals surface area (Å²) in [5.41, 5.74) is 3.40. The van der Waals surface area contributed by atoms with Crippen LogP contribution in [0, 0.1) is 13.8 Å². The summed E-state index contributed by atoms with van der Waals surface area (Å²) in [5.74, 6) is -0.860. The van der Waals surface area contributed by atoms with Gasteiger partial charge in [-0.25, -0.2) is 8.42 Å². The van der Waals surface area contributed by atoms with E-state index in [1.807, 2.05) is 44.2 Å². The highest BCUT2D eigenvalue weighted by atomic mass is 35.5. The molecule has 0 aliphatic heterocycles. The van der Waals surface area contributed by atoms with E-state index < -0.39 is 28.5 Å². The van der Waals surface area contributed by atoms with E-state index in [-0.39, 0.29) is 23.8 Å². The molecule has 0 fully saturated rings. The Morgan fingerprint density at radius 1 is 0.822 bits per heavy atom. The summed E-state index contributed by atoms with van der Waals surface area (Å²) in [6.07, 6.45) is 0.952. The molecule has 4 aromatic carbocycles. The lowest BCUT2D eigenvalue weighted by molar-refractivity contribution is -0.140. The predicted octanol–water partition coefficient (Wildman–Crippen LogP) is 6.97. The Morgan fingerprint density at radius 2 is 1.47 bits per heavy atom. The van der Waals surface area contributed by atoms with Gasteiger partial charge in [0, 0.05) is 29.6 Å². The second-order valence-electron chi connectivity index (χ2n) is 10.9. The maximum absolute atomic E-state index is 14.5. The fourth-order valence-corrected chi connectivity index (χ4v) is 6.79. The van der Waals surface area contributed by atoms with Gasteiger partial charge in [-0.3, -0.25) is 13.9 Å². The minimum absolute atomic E-state index is 0.0426. The van der Waals surface area contributed by atoms with Crippen LogP contribution in [0.1, 0.15) is 35.6 Å². The summed E-state index contributed by atoms with van der Waals surface area (Å²) in [5, 5.41) is 3.92. The van der Waals surface area contributed by atoms with Crippen LogP contribution in [0.3, 0.4) is 0 Å². The summed E-state index contributed by atoms with van der Waals surface area (Å²) < 4.78 is 29.5. The molecule has 1 unspecified atom stereocenters. The monoisotopic (exact) mass is 665 g/mol. The molecule has 0 saturated heterocycles. The first-order valence-electron chi connectivity index (χ1n) is 14.7. The van der Waals surface area contributed by atoms with E-state index in [1.54, 1.807) is 61.5 Å². The van der Waals surface area contributed by atoms with Crippen LogP contribution in [0.4, 0.5) is 5.69 Å². The maximum atomic E-state index is 14.5. The van der Waals surface area contributed by atoms with Crippen molar-refractivity contribution in [3.05, 3.63) is 129 Å². The number of anilines is 1. The molecule has 236 valence electrons.